The SMILES string of the molecule is Cc1cc2ccc3c(c2c2ccccc12)Sc1c(ccc2cc(S)c4ccccc4c12)C31c2ccccc2-c2ccccc21. The van der Waals surface area contributed by atoms with Crippen LogP contribution in [-0.2, 0) is 5.41 Å². The smallest absolute Gasteiger partial charge is 0.0735 e. The molecule has 0 amide bonds. The zero-order valence-electron chi connectivity index (χ0n) is 24.1. The molecule has 0 nitrogen and oxygen atoms in total. The molecule has 1 spiro atoms. The first-order valence-electron chi connectivity index (χ1n) is 15.2. The van der Waals surface area contributed by atoms with Gasteiger partial charge in [0, 0.05) is 25.5 Å². The van der Waals surface area contributed by atoms with Gasteiger partial charge >= 0.3 is 0 Å². The molecule has 0 saturated heterocycles. The second-order valence-corrected chi connectivity index (χ2v) is 13.7. The average molecular weight is 595 g/mol. The minimum absolute atomic E-state index is 0.432. The van der Waals surface area contributed by atoms with E-state index in [0.717, 1.165) is 4.90 Å². The van der Waals surface area contributed by atoms with Crippen LogP contribution in [0, 0.1) is 6.92 Å². The van der Waals surface area contributed by atoms with Crippen LogP contribution in [0.5, 0.6) is 0 Å². The molecule has 0 radical (unpaired) electrons. The Morgan fingerprint density at radius 2 is 0.955 bits per heavy atom. The molecule has 8 aromatic rings. The third-order valence-electron chi connectivity index (χ3n) is 10.1. The van der Waals surface area contributed by atoms with Crippen LogP contribution in [0.15, 0.2) is 148 Å². The maximum atomic E-state index is 4.94. The second-order valence-electron chi connectivity index (χ2n) is 12.2. The second kappa shape index (κ2) is 8.79. The summed E-state index contributed by atoms with van der Waals surface area (Å²) in [6.07, 6.45) is 0. The number of hydrogen-bond acceptors (Lipinski definition) is 2. The van der Waals surface area contributed by atoms with Crippen LogP contribution in [0.2, 0.25) is 0 Å². The van der Waals surface area contributed by atoms with Gasteiger partial charge in [0.25, 0.3) is 0 Å². The lowest BCUT2D eigenvalue weighted by molar-refractivity contribution is 0.729. The summed E-state index contributed by atoms with van der Waals surface area (Å²) in [5.41, 5.74) is 9.03. The largest absolute Gasteiger partial charge is 0.143 e. The fourth-order valence-electron chi connectivity index (χ4n) is 8.36. The minimum atomic E-state index is -0.432. The number of rotatable bonds is 0. The van der Waals surface area contributed by atoms with Gasteiger partial charge in [0.1, 0.15) is 0 Å². The number of benzene rings is 8. The lowest BCUT2D eigenvalue weighted by Crippen LogP contribution is -2.32. The molecule has 0 bridgehead atoms. The molecule has 0 aromatic heterocycles. The summed E-state index contributed by atoms with van der Waals surface area (Å²) < 4.78 is 0. The molecule has 0 saturated carbocycles. The van der Waals surface area contributed by atoms with Gasteiger partial charge in [-0.15, -0.1) is 12.6 Å². The van der Waals surface area contributed by atoms with Crippen molar-refractivity contribution >= 4 is 67.5 Å². The van der Waals surface area contributed by atoms with Gasteiger partial charge in [0.15, 0.2) is 0 Å². The van der Waals surface area contributed by atoms with E-state index in [1.165, 1.54) is 91.8 Å². The maximum absolute atomic E-state index is 4.94. The zero-order valence-corrected chi connectivity index (χ0v) is 25.8. The Labute approximate surface area is 265 Å². The van der Waals surface area contributed by atoms with E-state index in [-0.39, 0.29) is 0 Å². The number of thiol groups is 1. The maximum Gasteiger partial charge on any atom is 0.0735 e. The van der Waals surface area contributed by atoms with Gasteiger partial charge in [-0.05, 0) is 84.3 Å². The van der Waals surface area contributed by atoms with Crippen LogP contribution < -0.4 is 0 Å². The molecule has 10 rings (SSSR count). The van der Waals surface area contributed by atoms with Gasteiger partial charge < -0.3 is 0 Å². The van der Waals surface area contributed by atoms with Crippen molar-refractivity contribution in [2.45, 2.75) is 27.0 Å². The summed E-state index contributed by atoms with van der Waals surface area (Å²) in [6, 6.07) is 50.1. The van der Waals surface area contributed by atoms with Crippen molar-refractivity contribution in [3.05, 3.63) is 161 Å². The Kier molecular flexibility index (Phi) is 4.97. The summed E-state index contributed by atoms with van der Waals surface area (Å²) in [5.74, 6) is 0. The number of hydrogen-bond donors (Lipinski definition) is 1. The molecular formula is C42H26S2. The van der Waals surface area contributed by atoms with E-state index in [2.05, 4.69) is 140 Å². The van der Waals surface area contributed by atoms with Gasteiger partial charge in [-0.1, -0.05) is 139 Å². The summed E-state index contributed by atoms with van der Waals surface area (Å²) in [7, 11) is 0. The normalized spacial score (nSPS) is 14.2. The molecule has 1 aliphatic heterocycles. The fraction of sp³-hybridized carbons (Fsp3) is 0.0476. The number of aryl methyl sites for hydroxylation is 1. The Balaban J connectivity index is 1.48. The van der Waals surface area contributed by atoms with Gasteiger partial charge in [0.2, 0.25) is 0 Å². The Morgan fingerprint density at radius 3 is 1.57 bits per heavy atom. The molecule has 2 heteroatoms. The van der Waals surface area contributed by atoms with Crippen LogP contribution in [0.25, 0.3) is 54.2 Å². The van der Waals surface area contributed by atoms with E-state index in [0.29, 0.717) is 0 Å². The van der Waals surface area contributed by atoms with Crippen LogP contribution in [0.3, 0.4) is 0 Å². The molecule has 0 atom stereocenters. The highest BCUT2D eigenvalue weighted by Crippen LogP contribution is 2.64. The van der Waals surface area contributed by atoms with Crippen LogP contribution >= 0.6 is 24.4 Å². The molecule has 44 heavy (non-hydrogen) atoms. The predicted octanol–water partition coefficient (Wildman–Crippen LogP) is 11.7. The first-order chi connectivity index (χ1) is 21.7. The summed E-state index contributed by atoms with van der Waals surface area (Å²) in [4.78, 5) is 3.74. The van der Waals surface area contributed by atoms with Gasteiger partial charge in [-0.2, -0.15) is 0 Å². The van der Waals surface area contributed by atoms with Gasteiger partial charge in [-0.3, -0.25) is 0 Å². The van der Waals surface area contributed by atoms with Crippen molar-refractivity contribution < 1.29 is 0 Å². The van der Waals surface area contributed by atoms with Crippen molar-refractivity contribution in [2.75, 3.05) is 0 Å². The van der Waals surface area contributed by atoms with Crippen molar-refractivity contribution in [1.82, 2.24) is 0 Å². The van der Waals surface area contributed by atoms with Crippen molar-refractivity contribution in [3.63, 3.8) is 0 Å². The molecule has 0 N–H and O–H groups in total. The predicted molar refractivity (Wildman–Crippen MR) is 190 cm³/mol. The van der Waals surface area contributed by atoms with E-state index >= 15 is 0 Å². The van der Waals surface area contributed by atoms with Crippen LogP contribution in [0.1, 0.15) is 27.8 Å². The quantitative estimate of drug-likeness (QED) is 0.135. The highest BCUT2D eigenvalue weighted by atomic mass is 32.2. The molecule has 0 fully saturated rings. The molecular weight excluding hydrogens is 569 g/mol. The lowest BCUT2D eigenvalue weighted by Gasteiger charge is -2.41. The van der Waals surface area contributed by atoms with E-state index < -0.39 is 5.41 Å². The Morgan fingerprint density at radius 1 is 0.477 bits per heavy atom. The monoisotopic (exact) mass is 594 g/mol. The Bertz CT molecular complexity index is 2380. The van der Waals surface area contributed by atoms with Gasteiger partial charge in [0.05, 0.1) is 5.41 Å². The first kappa shape index (κ1) is 24.9. The summed E-state index contributed by atoms with van der Waals surface area (Å²) in [6.45, 7) is 2.24. The van der Waals surface area contributed by atoms with Crippen molar-refractivity contribution in [2.24, 2.45) is 0 Å². The van der Waals surface area contributed by atoms with E-state index in [9.17, 15) is 0 Å². The molecule has 206 valence electrons. The standard InChI is InChI=1S/C42H26S2/c1-24-22-25-18-20-35-40(38(25)31-14-4-2-10-27(24)31)44-41-36(21-19-26-23-37(43)30-13-3-5-15-32(30)39(26)41)42(35)33-16-8-6-11-28(33)29-12-7-9-17-34(29)42/h2-23,43H,1H3. The van der Waals surface area contributed by atoms with Gasteiger partial charge in [-0.25, -0.2) is 0 Å². The molecule has 8 aromatic carbocycles. The Hall–Kier alpha value is -4.50. The summed E-state index contributed by atoms with van der Waals surface area (Å²) >= 11 is 6.91. The summed E-state index contributed by atoms with van der Waals surface area (Å²) in [5, 5.41) is 10.3. The van der Waals surface area contributed by atoms with E-state index in [1.54, 1.807) is 0 Å². The lowest BCUT2D eigenvalue weighted by atomic mass is 9.66. The molecule has 0 unspecified atom stereocenters. The molecule has 2 aliphatic rings. The highest BCUT2D eigenvalue weighted by Gasteiger charge is 2.50. The topological polar surface area (TPSA) is 0 Å². The van der Waals surface area contributed by atoms with E-state index in [4.69, 9.17) is 12.6 Å². The number of fused-ring (bicyclic) bond motifs is 17. The average Bonchev–Trinajstić information content (AvgIpc) is 3.35. The highest BCUT2D eigenvalue weighted by molar-refractivity contribution is 8.00. The van der Waals surface area contributed by atoms with Crippen molar-refractivity contribution in [1.29, 1.82) is 0 Å². The third-order valence-corrected chi connectivity index (χ3v) is 11.7. The molecule has 1 aliphatic carbocycles. The van der Waals surface area contributed by atoms with Crippen LogP contribution in [0.4, 0.5) is 0 Å². The van der Waals surface area contributed by atoms with Crippen molar-refractivity contribution in [3.8, 4) is 11.1 Å². The molecule has 1 heterocycles. The minimum Gasteiger partial charge on any atom is -0.143 e. The zero-order chi connectivity index (χ0) is 29.2. The van der Waals surface area contributed by atoms with E-state index in [1.807, 2.05) is 11.8 Å². The van der Waals surface area contributed by atoms with Crippen LogP contribution in [-0.4, -0.2) is 0 Å². The first-order valence-corrected chi connectivity index (χ1v) is 16.4. The fourth-order valence-corrected chi connectivity index (χ4v) is 10.2. The third kappa shape index (κ3) is 2.98.